The van der Waals surface area contributed by atoms with Gasteiger partial charge < -0.3 is 10.1 Å². The Hall–Kier alpha value is -2.29. The first-order valence-corrected chi connectivity index (χ1v) is 9.81. The lowest BCUT2D eigenvalue weighted by Gasteiger charge is -2.16. The zero-order valence-corrected chi connectivity index (χ0v) is 16.5. The molecular formula is C24H26ClNO. The summed E-state index contributed by atoms with van der Waals surface area (Å²) in [5.41, 5.74) is 3.63. The third-order valence-electron chi connectivity index (χ3n) is 4.61. The molecule has 0 fully saturated rings. The molecule has 0 aromatic heterocycles. The van der Waals surface area contributed by atoms with E-state index in [1.165, 1.54) is 11.1 Å². The van der Waals surface area contributed by atoms with Gasteiger partial charge in [0.2, 0.25) is 0 Å². The Morgan fingerprint density at radius 2 is 1.63 bits per heavy atom. The third kappa shape index (κ3) is 6.42. The first-order chi connectivity index (χ1) is 13.2. The van der Waals surface area contributed by atoms with Crippen molar-refractivity contribution >= 4 is 11.6 Å². The van der Waals surface area contributed by atoms with Crippen LogP contribution in [0.4, 0.5) is 0 Å². The number of nitrogens with one attached hydrogen (secondary N) is 1. The van der Waals surface area contributed by atoms with Crippen molar-refractivity contribution in [3.05, 3.63) is 101 Å². The number of aryl methyl sites for hydroxylation is 1. The molecule has 3 rings (SSSR count). The van der Waals surface area contributed by atoms with Crippen molar-refractivity contribution in [1.29, 1.82) is 0 Å². The zero-order valence-electron chi connectivity index (χ0n) is 15.7. The molecule has 0 spiro atoms. The molecule has 0 aliphatic carbocycles. The van der Waals surface area contributed by atoms with Crippen molar-refractivity contribution in [3.8, 4) is 5.75 Å². The smallest absolute Gasteiger partial charge is 0.124 e. The minimum Gasteiger partial charge on any atom is -0.489 e. The highest BCUT2D eigenvalue weighted by molar-refractivity contribution is 6.30. The molecule has 1 unspecified atom stereocenters. The summed E-state index contributed by atoms with van der Waals surface area (Å²) in [4.78, 5) is 0. The summed E-state index contributed by atoms with van der Waals surface area (Å²) in [6, 6.07) is 27.1. The van der Waals surface area contributed by atoms with Gasteiger partial charge in [0.1, 0.15) is 12.4 Å². The first-order valence-electron chi connectivity index (χ1n) is 9.43. The van der Waals surface area contributed by atoms with Crippen molar-refractivity contribution in [2.24, 2.45) is 0 Å². The van der Waals surface area contributed by atoms with E-state index in [0.29, 0.717) is 12.6 Å². The van der Waals surface area contributed by atoms with Gasteiger partial charge in [-0.05, 0) is 49.1 Å². The Morgan fingerprint density at radius 1 is 0.889 bits per heavy atom. The molecule has 0 aliphatic heterocycles. The lowest BCUT2D eigenvalue weighted by molar-refractivity contribution is 0.301. The van der Waals surface area contributed by atoms with Crippen LogP contribution in [-0.2, 0) is 19.6 Å². The van der Waals surface area contributed by atoms with E-state index < -0.39 is 0 Å². The molecule has 1 N–H and O–H groups in total. The van der Waals surface area contributed by atoms with Gasteiger partial charge in [-0.15, -0.1) is 0 Å². The highest BCUT2D eigenvalue weighted by Gasteiger charge is 2.07. The summed E-state index contributed by atoms with van der Waals surface area (Å²) in [6.07, 6.45) is 2.19. The van der Waals surface area contributed by atoms with Crippen molar-refractivity contribution in [3.63, 3.8) is 0 Å². The number of rotatable bonds is 9. The fraction of sp³-hybridized carbons (Fsp3) is 0.250. The molecule has 0 radical (unpaired) electrons. The Kier molecular flexibility index (Phi) is 7.32. The van der Waals surface area contributed by atoms with Crippen molar-refractivity contribution < 1.29 is 4.74 Å². The molecule has 3 aromatic rings. The van der Waals surface area contributed by atoms with Crippen LogP contribution in [-0.4, -0.2) is 6.04 Å². The highest BCUT2D eigenvalue weighted by Crippen LogP contribution is 2.20. The summed E-state index contributed by atoms with van der Waals surface area (Å²) >= 11 is 6.05. The van der Waals surface area contributed by atoms with Crippen LogP contribution in [0.15, 0.2) is 78.9 Å². The minimum absolute atomic E-state index is 0.436. The largest absolute Gasteiger partial charge is 0.489 e. The lowest BCUT2D eigenvalue weighted by Crippen LogP contribution is -2.26. The molecule has 0 bridgehead atoms. The predicted molar refractivity (Wildman–Crippen MR) is 113 cm³/mol. The molecule has 0 saturated heterocycles. The SMILES string of the molecule is CC(CCc1ccccc1)NCc1ccccc1OCc1cccc(Cl)c1. The van der Waals surface area contributed by atoms with E-state index in [-0.39, 0.29) is 0 Å². The van der Waals surface area contributed by atoms with Crippen LogP contribution in [0, 0.1) is 0 Å². The summed E-state index contributed by atoms with van der Waals surface area (Å²) in [6.45, 7) is 3.54. The summed E-state index contributed by atoms with van der Waals surface area (Å²) < 4.78 is 6.04. The molecule has 0 aliphatic rings. The van der Waals surface area contributed by atoms with Gasteiger partial charge in [0, 0.05) is 23.2 Å². The summed E-state index contributed by atoms with van der Waals surface area (Å²) in [5, 5.41) is 4.35. The van der Waals surface area contributed by atoms with Crippen LogP contribution in [0.1, 0.15) is 30.0 Å². The highest BCUT2D eigenvalue weighted by atomic mass is 35.5. The summed E-state index contributed by atoms with van der Waals surface area (Å²) in [5.74, 6) is 0.917. The van der Waals surface area contributed by atoms with E-state index in [4.69, 9.17) is 16.3 Å². The number of hydrogen-bond donors (Lipinski definition) is 1. The number of para-hydroxylation sites is 1. The van der Waals surface area contributed by atoms with Gasteiger partial charge >= 0.3 is 0 Å². The van der Waals surface area contributed by atoms with Crippen LogP contribution >= 0.6 is 11.6 Å². The molecule has 2 nitrogen and oxygen atoms in total. The van der Waals surface area contributed by atoms with E-state index in [9.17, 15) is 0 Å². The molecule has 0 amide bonds. The fourth-order valence-electron chi connectivity index (χ4n) is 2.99. The summed E-state index contributed by atoms with van der Waals surface area (Å²) in [7, 11) is 0. The van der Waals surface area contributed by atoms with Gasteiger partial charge in [-0.2, -0.15) is 0 Å². The maximum Gasteiger partial charge on any atom is 0.124 e. The van der Waals surface area contributed by atoms with Crippen molar-refractivity contribution in [2.75, 3.05) is 0 Å². The second-order valence-electron chi connectivity index (χ2n) is 6.83. The number of hydrogen-bond acceptors (Lipinski definition) is 2. The standard InChI is InChI=1S/C24H26ClNO/c1-19(14-15-20-8-3-2-4-9-20)26-17-22-11-5-6-13-24(22)27-18-21-10-7-12-23(25)16-21/h2-13,16,19,26H,14-15,17-18H2,1H3. The molecule has 27 heavy (non-hydrogen) atoms. The third-order valence-corrected chi connectivity index (χ3v) is 4.84. The predicted octanol–water partition coefficient (Wildman–Crippen LogP) is 6.03. The molecular weight excluding hydrogens is 354 g/mol. The minimum atomic E-state index is 0.436. The molecule has 0 saturated carbocycles. The van der Waals surface area contributed by atoms with Crippen LogP contribution < -0.4 is 10.1 Å². The average Bonchev–Trinajstić information content (AvgIpc) is 2.70. The van der Waals surface area contributed by atoms with Gasteiger partial charge in [0.15, 0.2) is 0 Å². The molecule has 140 valence electrons. The van der Waals surface area contributed by atoms with Crippen molar-refractivity contribution in [2.45, 2.75) is 39.0 Å². The van der Waals surface area contributed by atoms with E-state index in [1.807, 2.05) is 36.4 Å². The van der Waals surface area contributed by atoms with Crippen LogP contribution in [0.3, 0.4) is 0 Å². The Labute approximate surface area is 167 Å². The normalized spacial score (nSPS) is 11.9. The zero-order chi connectivity index (χ0) is 18.9. The van der Waals surface area contributed by atoms with Gasteiger partial charge in [0.25, 0.3) is 0 Å². The van der Waals surface area contributed by atoms with Crippen LogP contribution in [0.25, 0.3) is 0 Å². The van der Waals surface area contributed by atoms with Crippen molar-refractivity contribution in [1.82, 2.24) is 5.32 Å². The van der Waals surface area contributed by atoms with E-state index in [1.54, 1.807) is 0 Å². The molecule has 3 aromatic carbocycles. The second-order valence-corrected chi connectivity index (χ2v) is 7.27. The Balaban J connectivity index is 1.51. The topological polar surface area (TPSA) is 21.3 Å². The van der Waals surface area contributed by atoms with E-state index in [0.717, 1.165) is 35.7 Å². The van der Waals surface area contributed by atoms with Crippen LogP contribution in [0.2, 0.25) is 5.02 Å². The molecule has 3 heteroatoms. The van der Waals surface area contributed by atoms with E-state index in [2.05, 4.69) is 54.7 Å². The molecule has 1 atom stereocenters. The fourth-order valence-corrected chi connectivity index (χ4v) is 3.21. The number of halogens is 1. The van der Waals surface area contributed by atoms with Gasteiger partial charge in [-0.1, -0.05) is 72.3 Å². The van der Waals surface area contributed by atoms with Crippen LogP contribution in [0.5, 0.6) is 5.75 Å². The first kappa shape index (κ1) is 19.5. The molecule has 0 heterocycles. The average molecular weight is 380 g/mol. The quantitative estimate of drug-likeness (QED) is 0.490. The maximum atomic E-state index is 6.05. The van der Waals surface area contributed by atoms with Gasteiger partial charge in [0.05, 0.1) is 0 Å². The monoisotopic (exact) mass is 379 g/mol. The maximum absolute atomic E-state index is 6.05. The lowest BCUT2D eigenvalue weighted by atomic mass is 10.1. The number of ether oxygens (including phenoxy) is 1. The second kappa shape index (κ2) is 10.1. The Bertz CT molecular complexity index is 835. The number of benzene rings is 3. The Morgan fingerprint density at radius 3 is 2.44 bits per heavy atom. The van der Waals surface area contributed by atoms with E-state index >= 15 is 0 Å². The van der Waals surface area contributed by atoms with Gasteiger partial charge in [-0.3, -0.25) is 0 Å². The van der Waals surface area contributed by atoms with Gasteiger partial charge in [-0.25, -0.2) is 0 Å².